The van der Waals surface area contributed by atoms with Crippen molar-refractivity contribution in [1.29, 1.82) is 0 Å². The molecule has 2 aliphatic rings. The van der Waals surface area contributed by atoms with E-state index in [1.807, 2.05) is 0 Å². The quantitative estimate of drug-likeness (QED) is 0.793. The van der Waals surface area contributed by atoms with Crippen LogP contribution in [0, 0.1) is 0 Å². The van der Waals surface area contributed by atoms with Crippen molar-refractivity contribution >= 4 is 15.9 Å². The Morgan fingerprint density at radius 3 is 2.47 bits per heavy atom. The van der Waals surface area contributed by atoms with E-state index in [1.165, 1.54) is 0 Å². The molecule has 2 fully saturated rings. The normalized spacial score (nSPS) is 25.9. The predicted octanol–water partition coefficient (Wildman–Crippen LogP) is 2.60. The summed E-state index contributed by atoms with van der Waals surface area (Å²) in [5.41, 5.74) is 0. The molecular formula is C11H17BrO3. The minimum absolute atomic E-state index is 0.273. The standard InChI is InChI=1S/C11H17BrO3/c1-9(12)8-13-10-2-4-11(5-3-10)14-6-7-15-11/h10H,1-8H2. The van der Waals surface area contributed by atoms with E-state index in [4.69, 9.17) is 14.2 Å². The molecular weight excluding hydrogens is 260 g/mol. The minimum atomic E-state index is -0.273. The summed E-state index contributed by atoms with van der Waals surface area (Å²) in [7, 11) is 0. The van der Waals surface area contributed by atoms with E-state index in [0.29, 0.717) is 12.7 Å². The zero-order chi connectivity index (χ0) is 10.7. The Labute approximate surface area is 98.9 Å². The van der Waals surface area contributed by atoms with Crippen LogP contribution in [0.15, 0.2) is 11.1 Å². The molecule has 0 aromatic heterocycles. The van der Waals surface area contributed by atoms with Gasteiger partial charge in [-0.2, -0.15) is 0 Å². The first-order valence-corrected chi connectivity index (χ1v) is 6.22. The summed E-state index contributed by atoms with van der Waals surface area (Å²) in [6.07, 6.45) is 4.26. The Morgan fingerprint density at radius 2 is 1.93 bits per heavy atom. The molecule has 0 aromatic rings. The lowest BCUT2D eigenvalue weighted by molar-refractivity contribution is -0.190. The Kier molecular flexibility index (Phi) is 3.83. The molecule has 15 heavy (non-hydrogen) atoms. The fraction of sp³-hybridized carbons (Fsp3) is 0.818. The summed E-state index contributed by atoms with van der Waals surface area (Å²) < 4.78 is 17.9. The second-order valence-electron chi connectivity index (χ2n) is 4.14. The third-order valence-corrected chi connectivity index (χ3v) is 3.21. The smallest absolute Gasteiger partial charge is 0.168 e. The first-order valence-electron chi connectivity index (χ1n) is 5.43. The lowest BCUT2D eigenvalue weighted by Crippen LogP contribution is -2.37. The van der Waals surface area contributed by atoms with E-state index in [1.54, 1.807) is 0 Å². The summed E-state index contributed by atoms with van der Waals surface area (Å²) in [4.78, 5) is 0. The minimum Gasteiger partial charge on any atom is -0.373 e. The molecule has 1 spiro atoms. The van der Waals surface area contributed by atoms with Gasteiger partial charge in [-0.15, -0.1) is 0 Å². The molecule has 0 amide bonds. The van der Waals surface area contributed by atoms with Crippen molar-refractivity contribution in [3.8, 4) is 0 Å². The molecule has 1 heterocycles. The summed E-state index contributed by atoms with van der Waals surface area (Å²) in [6, 6.07) is 0. The van der Waals surface area contributed by atoms with Crippen molar-refractivity contribution < 1.29 is 14.2 Å². The van der Waals surface area contributed by atoms with Crippen LogP contribution in [-0.2, 0) is 14.2 Å². The highest BCUT2D eigenvalue weighted by Gasteiger charge is 2.40. The fourth-order valence-corrected chi connectivity index (χ4v) is 2.32. The van der Waals surface area contributed by atoms with E-state index in [-0.39, 0.29) is 5.79 Å². The van der Waals surface area contributed by atoms with Crippen LogP contribution >= 0.6 is 15.9 Å². The van der Waals surface area contributed by atoms with Gasteiger partial charge in [-0.3, -0.25) is 0 Å². The van der Waals surface area contributed by atoms with Gasteiger partial charge in [0.15, 0.2) is 5.79 Å². The monoisotopic (exact) mass is 276 g/mol. The third-order valence-electron chi connectivity index (χ3n) is 2.98. The molecule has 0 bridgehead atoms. The molecule has 86 valence electrons. The first-order chi connectivity index (χ1) is 7.20. The summed E-state index contributed by atoms with van der Waals surface area (Å²) in [6.45, 7) is 5.83. The maximum Gasteiger partial charge on any atom is 0.168 e. The molecule has 1 aliphatic carbocycles. The fourth-order valence-electron chi connectivity index (χ4n) is 2.19. The van der Waals surface area contributed by atoms with Crippen LogP contribution in [0.2, 0.25) is 0 Å². The topological polar surface area (TPSA) is 27.7 Å². The Bertz CT molecular complexity index is 226. The zero-order valence-electron chi connectivity index (χ0n) is 8.84. The Hall–Kier alpha value is 0.1000. The molecule has 0 atom stereocenters. The van der Waals surface area contributed by atoms with Crippen molar-refractivity contribution in [2.24, 2.45) is 0 Å². The molecule has 0 unspecified atom stereocenters. The number of ether oxygens (including phenoxy) is 3. The van der Waals surface area contributed by atoms with Gasteiger partial charge in [-0.05, 0) is 12.8 Å². The highest BCUT2D eigenvalue weighted by Crippen LogP contribution is 2.36. The van der Waals surface area contributed by atoms with Crippen LogP contribution in [-0.4, -0.2) is 31.7 Å². The summed E-state index contributed by atoms with van der Waals surface area (Å²) in [5, 5.41) is 0. The van der Waals surface area contributed by atoms with Crippen LogP contribution in [0.5, 0.6) is 0 Å². The van der Waals surface area contributed by atoms with Crippen LogP contribution in [0.25, 0.3) is 0 Å². The molecule has 1 aliphatic heterocycles. The van der Waals surface area contributed by atoms with Crippen LogP contribution in [0.4, 0.5) is 0 Å². The Balaban J connectivity index is 1.74. The molecule has 1 saturated carbocycles. The number of hydrogen-bond acceptors (Lipinski definition) is 3. The average Bonchev–Trinajstić information content (AvgIpc) is 2.66. The summed E-state index contributed by atoms with van der Waals surface area (Å²) >= 11 is 3.29. The maximum absolute atomic E-state index is 5.69. The van der Waals surface area contributed by atoms with Crippen molar-refractivity contribution in [1.82, 2.24) is 0 Å². The molecule has 3 nitrogen and oxygen atoms in total. The van der Waals surface area contributed by atoms with E-state index < -0.39 is 0 Å². The SMILES string of the molecule is C=C(Br)COC1CCC2(CC1)OCCO2. The van der Waals surface area contributed by atoms with Gasteiger partial charge in [0.05, 0.1) is 25.9 Å². The molecule has 2 rings (SSSR count). The van der Waals surface area contributed by atoms with Crippen molar-refractivity contribution in [3.05, 3.63) is 11.1 Å². The molecule has 1 saturated heterocycles. The molecule has 4 heteroatoms. The number of halogens is 1. The van der Waals surface area contributed by atoms with E-state index in [9.17, 15) is 0 Å². The van der Waals surface area contributed by atoms with Gasteiger partial charge in [0.1, 0.15) is 0 Å². The lowest BCUT2D eigenvalue weighted by atomic mass is 9.92. The highest BCUT2D eigenvalue weighted by atomic mass is 79.9. The van der Waals surface area contributed by atoms with E-state index in [0.717, 1.165) is 43.4 Å². The predicted molar refractivity (Wildman–Crippen MR) is 60.9 cm³/mol. The van der Waals surface area contributed by atoms with Gasteiger partial charge in [-0.1, -0.05) is 22.5 Å². The second kappa shape index (κ2) is 4.95. The second-order valence-corrected chi connectivity index (χ2v) is 5.26. The molecule has 0 aromatic carbocycles. The third kappa shape index (κ3) is 3.03. The summed E-state index contributed by atoms with van der Waals surface area (Å²) in [5.74, 6) is -0.273. The molecule has 0 N–H and O–H groups in total. The van der Waals surface area contributed by atoms with Crippen LogP contribution < -0.4 is 0 Å². The van der Waals surface area contributed by atoms with Gasteiger partial charge in [0.2, 0.25) is 0 Å². The van der Waals surface area contributed by atoms with Crippen molar-refractivity contribution in [2.45, 2.75) is 37.6 Å². The van der Waals surface area contributed by atoms with Crippen LogP contribution in [0.3, 0.4) is 0 Å². The molecule has 0 radical (unpaired) electrons. The highest BCUT2D eigenvalue weighted by molar-refractivity contribution is 9.11. The lowest BCUT2D eigenvalue weighted by Gasteiger charge is -2.35. The van der Waals surface area contributed by atoms with Gasteiger partial charge in [0.25, 0.3) is 0 Å². The van der Waals surface area contributed by atoms with Gasteiger partial charge >= 0.3 is 0 Å². The Morgan fingerprint density at radius 1 is 1.33 bits per heavy atom. The van der Waals surface area contributed by atoms with Gasteiger partial charge in [-0.25, -0.2) is 0 Å². The van der Waals surface area contributed by atoms with E-state index >= 15 is 0 Å². The maximum atomic E-state index is 5.69. The van der Waals surface area contributed by atoms with Crippen molar-refractivity contribution in [3.63, 3.8) is 0 Å². The zero-order valence-corrected chi connectivity index (χ0v) is 10.4. The largest absolute Gasteiger partial charge is 0.373 e. The van der Waals surface area contributed by atoms with Crippen LogP contribution in [0.1, 0.15) is 25.7 Å². The number of hydrogen-bond donors (Lipinski definition) is 0. The van der Waals surface area contributed by atoms with Crippen molar-refractivity contribution in [2.75, 3.05) is 19.8 Å². The van der Waals surface area contributed by atoms with Gasteiger partial charge < -0.3 is 14.2 Å². The first kappa shape index (κ1) is 11.6. The van der Waals surface area contributed by atoms with E-state index in [2.05, 4.69) is 22.5 Å². The number of rotatable bonds is 3. The average molecular weight is 277 g/mol. The van der Waals surface area contributed by atoms with Gasteiger partial charge in [0, 0.05) is 17.3 Å².